The molecule has 1 aromatic carbocycles. The molecule has 1 saturated heterocycles. The van der Waals surface area contributed by atoms with Gasteiger partial charge >= 0.3 is 11.9 Å². The van der Waals surface area contributed by atoms with Gasteiger partial charge in [-0.15, -0.1) is 0 Å². The van der Waals surface area contributed by atoms with Gasteiger partial charge in [0.15, 0.2) is 6.61 Å². The van der Waals surface area contributed by atoms with E-state index in [9.17, 15) is 19.2 Å². The Balaban J connectivity index is 1.94. The summed E-state index contributed by atoms with van der Waals surface area (Å²) in [6, 6.07) is 3.74. The average Bonchev–Trinajstić information content (AvgIpc) is 2.84. The maximum Gasteiger partial charge on any atom is 0.329 e. The minimum Gasteiger partial charge on any atom is -0.497 e. The molecule has 0 aromatic heterocycles. The van der Waals surface area contributed by atoms with Crippen molar-refractivity contribution in [2.45, 2.75) is 32.7 Å². The average molecular weight is 465 g/mol. The summed E-state index contributed by atoms with van der Waals surface area (Å²) in [7, 11) is 4.29. The van der Waals surface area contributed by atoms with E-state index < -0.39 is 24.5 Å². The molecule has 0 spiro atoms. The van der Waals surface area contributed by atoms with Crippen molar-refractivity contribution in [1.82, 2.24) is 10.2 Å². The fourth-order valence-corrected chi connectivity index (χ4v) is 3.51. The molecular weight excluding hydrogens is 432 g/mol. The van der Waals surface area contributed by atoms with E-state index in [1.807, 2.05) is 0 Å². The van der Waals surface area contributed by atoms with Crippen molar-refractivity contribution >= 4 is 23.8 Å². The van der Waals surface area contributed by atoms with Crippen molar-refractivity contribution in [3.8, 4) is 11.5 Å². The Kier molecular flexibility index (Phi) is 9.50. The lowest BCUT2D eigenvalue weighted by atomic mass is 9.97. The first-order valence-corrected chi connectivity index (χ1v) is 10.8. The number of carbonyl (C=O) groups excluding carboxylic acids is 4. The lowest BCUT2D eigenvalue weighted by Gasteiger charge is -2.30. The molecular formula is C23H32N2O8. The van der Waals surface area contributed by atoms with Gasteiger partial charge < -0.3 is 29.2 Å². The molecule has 0 saturated carbocycles. The number of amides is 2. The lowest BCUT2D eigenvalue weighted by molar-refractivity contribution is -0.156. The van der Waals surface area contributed by atoms with Crippen LogP contribution in [0.5, 0.6) is 11.5 Å². The number of carbonyl (C=O) groups is 4. The zero-order valence-electron chi connectivity index (χ0n) is 19.7. The molecule has 1 N–H and O–H groups in total. The normalized spacial score (nSPS) is 14.9. The van der Waals surface area contributed by atoms with Crippen molar-refractivity contribution in [2.75, 3.05) is 41.0 Å². The van der Waals surface area contributed by atoms with Crippen LogP contribution in [-0.2, 0) is 23.9 Å². The largest absolute Gasteiger partial charge is 0.497 e. The maximum atomic E-state index is 12.8. The predicted molar refractivity (Wildman–Crippen MR) is 118 cm³/mol. The number of likely N-dealkylation sites (tertiary alicyclic amines) is 1. The van der Waals surface area contributed by atoms with Crippen LogP contribution < -0.4 is 14.8 Å². The smallest absolute Gasteiger partial charge is 0.329 e. The van der Waals surface area contributed by atoms with E-state index in [-0.39, 0.29) is 29.3 Å². The van der Waals surface area contributed by atoms with Gasteiger partial charge in [0.05, 0.1) is 27.2 Å². The van der Waals surface area contributed by atoms with Crippen molar-refractivity contribution in [3.05, 3.63) is 23.8 Å². The number of hydrogen-bond donors (Lipinski definition) is 1. The van der Waals surface area contributed by atoms with Crippen LogP contribution in [0.1, 0.15) is 37.0 Å². The van der Waals surface area contributed by atoms with Gasteiger partial charge in [-0.3, -0.25) is 14.4 Å². The number of methoxy groups -OCH3 is 3. The number of esters is 2. The van der Waals surface area contributed by atoms with Crippen LogP contribution in [0.3, 0.4) is 0 Å². The van der Waals surface area contributed by atoms with Crippen LogP contribution in [0.4, 0.5) is 0 Å². The van der Waals surface area contributed by atoms with Gasteiger partial charge in [-0.2, -0.15) is 0 Å². The van der Waals surface area contributed by atoms with Crippen LogP contribution in [0.15, 0.2) is 18.2 Å². The van der Waals surface area contributed by atoms with Gasteiger partial charge in [-0.1, -0.05) is 13.8 Å². The SMILES string of the molecule is COC(=O)C1CCN(C(=O)COC(=O)C(NC(=O)c2cc(OC)cc(OC)c2)C(C)C)CC1. The summed E-state index contributed by atoms with van der Waals surface area (Å²) in [5.74, 6) is -1.47. The molecule has 10 heteroatoms. The van der Waals surface area contributed by atoms with Crippen LogP contribution in [0, 0.1) is 11.8 Å². The highest BCUT2D eigenvalue weighted by Gasteiger charge is 2.30. The number of ether oxygens (including phenoxy) is 4. The topological polar surface area (TPSA) is 120 Å². The first kappa shape index (κ1) is 26.0. The van der Waals surface area contributed by atoms with Gasteiger partial charge in [-0.05, 0) is 30.9 Å². The molecule has 1 atom stereocenters. The van der Waals surface area contributed by atoms with E-state index in [2.05, 4.69) is 5.32 Å². The Morgan fingerprint density at radius 1 is 1.00 bits per heavy atom. The third-order valence-corrected chi connectivity index (χ3v) is 5.54. The highest BCUT2D eigenvalue weighted by atomic mass is 16.5. The molecule has 1 aromatic rings. The molecule has 182 valence electrons. The minimum absolute atomic E-state index is 0.225. The number of nitrogens with zero attached hydrogens (tertiary/aromatic N) is 1. The van der Waals surface area contributed by atoms with Crippen molar-refractivity contribution in [2.24, 2.45) is 11.8 Å². The second kappa shape index (κ2) is 12.1. The second-order valence-electron chi connectivity index (χ2n) is 8.08. The Bertz CT molecular complexity index is 840. The summed E-state index contributed by atoms with van der Waals surface area (Å²) in [6.45, 7) is 3.86. The molecule has 2 amide bonds. The molecule has 1 aliphatic heterocycles. The quantitative estimate of drug-likeness (QED) is 0.545. The first-order valence-electron chi connectivity index (χ1n) is 10.8. The highest BCUT2D eigenvalue weighted by molar-refractivity contribution is 5.97. The summed E-state index contributed by atoms with van der Waals surface area (Å²) in [6.07, 6.45) is 1.00. The van der Waals surface area contributed by atoms with Gasteiger partial charge in [-0.25, -0.2) is 4.79 Å². The van der Waals surface area contributed by atoms with Crippen molar-refractivity contribution < 1.29 is 38.1 Å². The summed E-state index contributed by atoms with van der Waals surface area (Å²) < 4.78 is 20.3. The molecule has 1 heterocycles. The molecule has 2 rings (SSSR count). The van der Waals surface area contributed by atoms with E-state index in [0.717, 1.165) is 0 Å². The minimum atomic E-state index is -0.951. The Labute approximate surface area is 193 Å². The predicted octanol–water partition coefficient (Wildman–Crippen LogP) is 1.41. The third-order valence-electron chi connectivity index (χ3n) is 5.54. The highest BCUT2D eigenvalue weighted by Crippen LogP contribution is 2.23. The lowest BCUT2D eigenvalue weighted by Crippen LogP contribution is -2.47. The standard InChI is InChI=1S/C23H32N2O8/c1-14(2)20(24-21(27)16-10-17(30-3)12-18(11-16)31-4)23(29)33-13-19(26)25-8-6-15(7-9-25)22(28)32-5/h10-12,14-15,20H,6-9,13H2,1-5H3,(H,24,27). The van der Waals surface area contributed by atoms with Crippen LogP contribution in [0.2, 0.25) is 0 Å². The van der Waals surface area contributed by atoms with E-state index in [1.54, 1.807) is 24.8 Å². The Morgan fingerprint density at radius 3 is 2.06 bits per heavy atom. The monoisotopic (exact) mass is 464 g/mol. The van der Waals surface area contributed by atoms with Gasteiger partial charge in [0.2, 0.25) is 0 Å². The summed E-state index contributed by atoms with van der Waals surface area (Å²) in [4.78, 5) is 51.0. The number of rotatable bonds is 9. The number of nitrogens with one attached hydrogen (secondary N) is 1. The maximum absolute atomic E-state index is 12.8. The third kappa shape index (κ3) is 7.10. The second-order valence-corrected chi connectivity index (χ2v) is 8.08. The molecule has 0 radical (unpaired) electrons. The summed E-state index contributed by atoms with van der Waals surface area (Å²) in [5.41, 5.74) is 0.259. The molecule has 10 nitrogen and oxygen atoms in total. The number of hydrogen-bond acceptors (Lipinski definition) is 8. The molecule has 0 bridgehead atoms. The van der Waals surface area contributed by atoms with E-state index in [4.69, 9.17) is 18.9 Å². The van der Waals surface area contributed by atoms with Gasteiger partial charge in [0, 0.05) is 24.7 Å². The Hall–Kier alpha value is -3.30. The molecule has 1 unspecified atom stereocenters. The summed E-state index contributed by atoms with van der Waals surface area (Å²) >= 11 is 0. The van der Waals surface area contributed by atoms with Crippen molar-refractivity contribution in [3.63, 3.8) is 0 Å². The molecule has 33 heavy (non-hydrogen) atoms. The van der Waals surface area contributed by atoms with Crippen LogP contribution in [-0.4, -0.2) is 75.7 Å². The molecule has 1 fully saturated rings. The summed E-state index contributed by atoms with van der Waals surface area (Å²) in [5, 5.41) is 2.66. The zero-order valence-corrected chi connectivity index (χ0v) is 19.7. The Morgan fingerprint density at radius 2 is 1.58 bits per heavy atom. The van der Waals surface area contributed by atoms with Crippen LogP contribution >= 0.6 is 0 Å². The molecule has 1 aliphatic rings. The van der Waals surface area contributed by atoms with E-state index in [1.165, 1.54) is 33.5 Å². The van der Waals surface area contributed by atoms with Crippen molar-refractivity contribution in [1.29, 1.82) is 0 Å². The zero-order chi connectivity index (χ0) is 24.5. The van der Waals surface area contributed by atoms with E-state index >= 15 is 0 Å². The number of benzene rings is 1. The fourth-order valence-electron chi connectivity index (χ4n) is 3.51. The van der Waals surface area contributed by atoms with E-state index in [0.29, 0.717) is 37.4 Å². The van der Waals surface area contributed by atoms with Gasteiger partial charge in [0.1, 0.15) is 17.5 Å². The first-order chi connectivity index (χ1) is 15.7. The number of piperidine rings is 1. The molecule has 0 aliphatic carbocycles. The van der Waals surface area contributed by atoms with Gasteiger partial charge in [0.25, 0.3) is 11.8 Å². The fraction of sp³-hybridized carbons (Fsp3) is 0.565. The van der Waals surface area contributed by atoms with Crippen LogP contribution in [0.25, 0.3) is 0 Å².